The van der Waals surface area contributed by atoms with Crippen molar-refractivity contribution < 1.29 is 24.2 Å². The fourth-order valence-electron chi connectivity index (χ4n) is 8.03. The van der Waals surface area contributed by atoms with Gasteiger partial charge in [-0.25, -0.2) is 0 Å². The van der Waals surface area contributed by atoms with Crippen molar-refractivity contribution in [2.24, 2.45) is 17.8 Å². The van der Waals surface area contributed by atoms with Gasteiger partial charge in [-0.05, 0) is 84.2 Å². The number of carbonyl (C=O) groups excluding carboxylic acids is 2. The molecule has 3 fully saturated rings. The Morgan fingerprint density at radius 1 is 0.867 bits per heavy atom. The summed E-state index contributed by atoms with van der Waals surface area (Å²) in [7, 11) is 0. The van der Waals surface area contributed by atoms with Crippen LogP contribution in [0.1, 0.15) is 62.5 Å². The van der Waals surface area contributed by atoms with Gasteiger partial charge in [0.2, 0.25) is 11.8 Å². The standard InChI is InChI=1S/C39H41NO5/c41-31-19-16-26(17-20-31)22-28(27-10-4-1-5-11-27)18-21-35-36-29(24-44-32-14-8-3-9-15-32)23-33-37(34(36)25-45-35)39(43)40(38(33)42)30-12-6-2-7-13-30/h1,3-5,8-11,14-17,19-20,22,30,33-35,37,41H,2,6-7,12-13,18,21,23-25H2/b28-22-/t33-,34+,35-,37-/m1/s1. The van der Waals surface area contributed by atoms with Gasteiger partial charge in [0.25, 0.3) is 0 Å². The first-order valence-corrected chi connectivity index (χ1v) is 16.5. The summed E-state index contributed by atoms with van der Waals surface area (Å²) in [5.74, 6) is 0.285. The molecule has 6 heteroatoms. The average molecular weight is 604 g/mol. The average Bonchev–Trinajstić information content (AvgIpc) is 3.61. The number of hydrogen-bond acceptors (Lipinski definition) is 5. The Morgan fingerprint density at radius 3 is 2.31 bits per heavy atom. The molecule has 3 aromatic carbocycles. The van der Waals surface area contributed by atoms with E-state index in [-0.39, 0.29) is 47.5 Å². The fraction of sp³-hybridized carbons (Fsp3) is 0.385. The van der Waals surface area contributed by atoms with E-state index < -0.39 is 0 Å². The van der Waals surface area contributed by atoms with E-state index in [0.717, 1.165) is 61.0 Å². The summed E-state index contributed by atoms with van der Waals surface area (Å²) in [6.45, 7) is 0.842. The molecule has 0 radical (unpaired) electrons. The van der Waals surface area contributed by atoms with Crippen LogP contribution < -0.4 is 4.74 Å². The Labute approximate surface area is 265 Å². The summed E-state index contributed by atoms with van der Waals surface area (Å²) < 4.78 is 12.8. The number of imide groups is 1. The number of fused-ring (bicyclic) bond motifs is 3. The molecule has 1 N–H and O–H groups in total. The molecule has 2 aliphatic heterocycles. The Hall–Kier alpha value is -4.16. The number of hydrogen-bond donors (Lipinski definition) is 1. The Balaban J connectivity index is 1.18. The molecule has 6 nitrogen and oxygen atoms in total. The topological polar surface area (TPSA) is 76.1 Å². The van der Waals surface area contributed by atoms with Crippen molar-refractivity contribution in [2.45, 2.75) is 63.5 Å². The number of amides is 2. The van der Waals surface area contributed by atoms with E-state index in [1.54, 1.807) is 17.0 Å². The molecule has 2 aliphatic carbocycles. The van der Waals surface area contributed by atoms with Crippen LogP contribution in [-0.2, 0) is 14.3 Å². The van der Waals surface area contributed by atoms with Gasteiger partial charge in [0.15, 0.2) is 0 Å². The van der Waals surface area contributed by atoms with Crippen molar-refractivity contribution in [2.75, 3.05) is 13.2 Å². The fourth-order valence-corrected chi connectivity index (χ4v) is 8.03. The van der Waals surface area contributed by atoms with E-state index in [2.05, 4.69) is 18.2 Å². The van der Waals surface area contributed by atoms with Crippen LogP contribution >= 0.6 is 0 Å². The monoisotopic (exact) mass is 603 g/mol. The summed E-state index contributed by atoms with van der Waals surface area (Å²) in [6, 6.07) is 27.4. The van der Waals surface area contributed by atoms with Crippen LogP contribution in [0.3, 0.4) is 0 Å². The minimum absolute atomic E-state index is 0.0137. The summed E-state index contributed by atoms with van der Waals surface area (Å²) >= 11 is 0. The van der Waals surface area contributed by atoms with Crippen molar-refractivity contribution in [3.63, 3.8) is 0 Å². The number of allylic oxidation sites excluding steroid dienone is 1. The molecule has 2 amide bonds. The van der Waals surface area contributed by atoms with Gasteiger partial charge in [0.1, 0.15) is 18.1 Å². The summed E-state index contributed by atoms with van der Waals surface area (Å²) in [6.07, 6.45) is 9.26. The molecule has 0 aromatic heterocycles. The van der Waals surface area contributed by atoms with Crippen LogP contribution in [0.5, 0.6) is 11.5 Å². The van der Waals surface area contributed by atoms with Gasteiger partial charge < -0.3 is 14.6 Å². The first kappa shape index (κ1) is 29.5. The lowest BCUT2D eigenvalue weighted by molar-refractivity contribution is -0.143. The molecular weight excluding hydrogens is 562 g/mol. The number of carbonyl (C=O) groups is 2. The van der Waals surface area contributed by atoms with Crippen molar-refractivity contribution >= 4 is 23.5 Å². The zero-order valence-electron chi connectivity index (χ0n) is 25.6. The van der Waals surface area contributed by atoms with Crippen LogP contribution in [-0.4, -0.2) is 47.2 Å². The number of ether oxygens (including phenoxy) is 2. The van der Waals surface area contributed by atoms with Crippen molar-refractivity contribution in [1.82, 2.24) is 4.90 Å². The minimum atomic E-state index is -0.346. The molecule has 3 aromatic rings. The SMILES string of the molecule is O=C1[C@@H]2[C@@H](CC(COc3ccccc3)=C3[C@@H](CC/C(=C/c4ccc(O)cc4)c4ccccc4)OC[C@@H]32)C(=O)N1C1CCCCC1. The molecular formula is C39H41NO5. The third kappa shape index (κ3) is 6.08. The van der Waals surface area contributed by atoms with Gasteiger partial charge in [-0.1, -0.05) is 86.0 Å². The Morgan fingerprint density at radius 2 is 1.58 bits per heavy atom. The second kappa shape index (κ2) is 13.1. The van der Waals surface area contributed by atoms with Crippen molar-refractivity contribution in [3.05, 3.63) is 107 Å². The van der Waals surface area contributed by atoms with Crippen molar-refractivity contribution in [3.8, 4) is 11.5 Å². The maximum atomic E-state index is 14.0. The van der Waals surface area contributed by atoms with Crippen LogP contribution in [0.2, 0.25) is 0 Å². The largest absolute Gasteiger partial charge is 0.508 e. The second-order valence-corrected chi connectivity index (χ2v) is 12.9. The highest BCUT2D eigenvalue weighted by Gasteiger charge is 2.58. The van der Waals surface area contributed by atoms with Gasteiger partial charge in [-0.15, -0.1) is 0 Å². The molecule has 7 rings (SSSR count). The number of phenols is 1. The van der Waals surface area contributed by atoms with Crippen LogP contribution in [0, 0.1) is 17.8 Å². The zero-order chi connectivity index (χ0) is 30.8. The highest BCUT2D eigenvalue weighted by molar-refractivity contribution is 6.06. The van der Waals surface area contributed by atoms with Gasteiger partial charge >= 0.3 is 0 Å². The molecule has 0 spiro atoms. The maximum absolute atomic E-state index is 14.0. The third-order valence-electron chi connectivity index (χ3n) is 10.2. The smallest absolute Gasteiger partial charge is 0.234 e. The number of aromatic hydroxyl groups is 1. The molecule has 232 valence electrons. The molecule has 2 saturated heterocycles. The Bertz CT molecular complexity index is 1570. The Kier molecular flexibility index (Phi) is 8.57. The molecule has 45 heavy (non-hydrogen) atoms. The summed E-state index contributed by atoms with van der Waals surface area (Å²) in [5, 5.41) is 9.80. The third-order valence-corrected chi connectivity index (χ3v) is 10.2. The van der Waals surface area contributed by atoms with Crippen LogP contribution in [0.4, 0.5) is 0 Å². The van der Waals surface area contributed by atoms with E-state index >= 15 is 0 Å². The normalized spacial score (nSPS) is 25.4. The van der Waals surface area contributed by atoms with E-state index in [9.17, 15) is 14.7 Å². The second-order valence-electron chi connectivity index (χ2n) is 12.9. The van der Waals surface area contributed by atoms with E-state index in [1.165, 1.54) is 17.6 Å². The predicted octanol–water partition coefficient (Wildman–Crippen LogP) is 7.44. The molecule has 4 atom stereocenters. The number of phenolic OH excluding ortho intramolecular Hbond substituents is 1. The first-order chi connectivity index (χ1) is 22.1. The molecule has 0 unspecified atom stereocenters. The molecule has 0 bridgehead atoms. The van der Waals surface area contributed by atoms with E-state index in [4.69, 9.17) is 9.47 Å². The van der Waals surface area contributed by atoms with Gasteiger partial charge in [0, 0.05) is 12.0 Å². The van der Waals surface area contributed by atoms with Gasteiger partial charge in [0.05, 0.1) is 24.5 Å². The van der Waals surface area contributed by atoms with E-state index in [1.807, 2.05) is 60.7 Å². The number of nitrogens with zero attached hydrogens (tertiary/aromatic N) is 1. The number of benzene rings is 3. The minimum Gasteiger partial charge on any atom is -0.508 e. The highest BCUT2D eigenvalue weighted by Crippen LogP contribution is 2.51. The highest BCUT2D eigenvalue weighted by atomic mass is 16.5. The van der Waals surface area contributed by atoms with Gasteiger partial charge in [-0.3, -0.25) is 14.5 Å². The summed E-state index contributed by atoms with van der Waals surface area (Å²) in [5.41, 5.74) is 5.63. The first-order valence-electron chi connectivity index (χ1n) is 16.5. The molecule has 2 heterocycles. The quantitative estimate of drug-likeness (QED) is 0.156. The van der Waals surface area contributed by atoms with Crippen LogP contribution in [0.15, 0.2) is 96.1 Å². The number of para-hydroxylation sites is 1. The molecule has 4 aliphatic rings. The lowest BCUT2D eigenvalue weighted by atomic mass is 9.69. The lowest BCUT2D eigenvalue weighted by Crippen LogP contribution is -2.42. The van der Waals surface area contributed by atoms with E-state index in [0.29, 0.717) is 19.6 Å². The molecule has 1 saturated carbocycles. The number of rotatable bonds is 9. The lowest BCUT2D eigenvalue weighted by Gasteiger charge is -2.32. The predicted molar refractivity (Wildman–Crippen MR) is 174 cm³/mol. The van der Waals surface area contributed by atoms with Crippen molar-refractivity contribution in [1.29, 1.82) is 0 Å². The zero-order valence-corrected chi connectivity index (χ0v) is 25.6. The van der Waals surface area contributed by atoms with Crippen LogP contribution in [0.25, 0.3) is 11.6 Å². The maximum Gasteiger partial charge on any atom is 0.234 e. The summed E-state index contributed by atoms with van der Waals surface area (Å²) in [4.78, 5) is 29.6. The number of likely N-dealkylation sites (tertiary alicyclic amines) is 1. The van der Waals surface area contributed by atoms with Gasteiger partial charge in [-0.2, -0.15) is 0 Å².